The van der Waals surface area contributed by atoms with Crippen LogP contribution in [0.4, 0.5) is 0 Å². The summed E-state index contributed by atoms with van der Waals surface area (Å²) in [6.07, 6.45) is 9.60. The van der Waals surface area contributed by atoms with Gasteiger partial charge in [-0.3, -0.25) is 4.79 Å². The molecule has 0 atom stereocenters. The molecule has 0 unspecified atom stereocenters. The van der Waals surface area contributed by atoms with Crippen molar-refractivity contribution in [2.24, 2.45) is 0 Å². The third kappa shape index (κ3) is 2.07. The van der Waals surface area contributed by atoms with Gasteiger partial charge in [-0.05, 0) is 30.9 Å². The number of pyridine rings is 1. The summed E-state index contributed by atoms with van der Waals surface area (Å²) in [4.78, 5) is 16.0. The molecule has 1 aromatic carbocycles. The first-order chi connectivity index (χ1) is 10.2. The number of hydrogen-bond acceptors (Lipinski definition) is 2. The van der Waals surface area contributed by atoms with Crippen molar-refractivity contribution in [2.75, 3.05) is 0 Å². The standard InChI is InChI=1S/C18H16N2O/c1-4-13(5-2)17-11-20-9-8-19-18(20)16-10-14(12(3)21)6-7-15(16)17/h4-11H,1H2,2-3H3/b13-5+. The van der Waals surface area contributed by atoms with Crippen LogP contribution in [0.3, 0.4) is 0 Å². The first-order valence-corrected chi connectivity index (χ1v) is 6.85. The second-order valence-electron chi connectivity index (χ2n) is 4.97. The molecule has 0 aliphatic heterocycles. The number of fused-ring (bicyclic) bond motifs is 3. The summed E-state index contributed by atoms with van der Waals surface area (Å²) in [6, 6.07) is 5.77. The van der Waals surface area contributed by atoms with Crippen molar-refractivity contribution in [2.45, 2.75) is 13.8 Å². The summed E-state index contributed by atoms with van der Waals surface area (Å²) in [5.41, 5.74) is 3.70. The fourth-order valence-electron chi connectivity index (χ4n) is 2.63. The Balaban J connectivity index is 2.48. The number of allylic oxidation sites excluding steroid dienone is 3. The van der Waals surface area contributed by atoms with Crippen LogP contribution in [-0.4, -0.2) is 15.2 Å². The summed E-state index contributed by atoms with van der Waals surface area (Å²) in [5, 5.41) is 2.05. The van der Waals surface area contributed by atoms with E-state index in [2.05, 4.69) is 17.8 Å². The molecule has 2 heterocycles. The Hall–Kier alpha value is -2.68. The molecule has 3 heteroatoms. The van der Waals surface area contributed by atoms with E-state index in [4.69, 9.17) is 0 Å². The number of carbonyl (C=O) groups is 1. The zero-order valence-corrected chi connectivity index (χ0v) is 12.1. The largest absolute Gasteiger partial charge is 0.306 e. The van der Waals surface area contributed by atoms with Gasteiger partial charge in [-0.1, -0.05) is 30.9 Å². The number of nitrogens with zero attached hydrogens (tertiary/aromatic N) is 2. The maximum absolute atomic E-state index is 11.6. The number of ketones is 1. The molecule has 0 radical (unpaired) electrons. The van der Waals surface area contributed by atoms with E-state index in [1.807, 2.05) is 47.9 Å². The molecule has 0 aliphatic carbocycles. The van der Waals surface area contributed by atoms with Gasteiger partial charge in [0.2, 0.25) is 0 Å². The Bertz CT molecular complexity index is 900. The number of hydrogen-bond donors (Lipinski definition) is 0. The summed E-state index contributed by atoms with van der Waals surface area (Å²) < 4.78 is 1.98. The fourth-order valence-corrected chi connectivity index (χ4v) is 2.63. The lowest BCUT2D eigenvalue weighted by Gasteiger charge is -2.10. The maximum Gasteiger partial charge on any atom is 0.159 e. The molecule has 0 N–H and O–H groups in total. The van der Waals surface area contributed by atoms with E-state index >= 15 is 0 Å². The van der Waals surface area contributed by atoms with Crippen molar-refractivity contribution < 1.29 is 4.79 Å². The van der Waals surface area contributed by atoms with Crippen LogP contribution >= 0.6 is 0 Å². The molecule has 0 fully saturated rings. The molecule has 2 aromatic heterocycles. The molecule has 0 amide bonds. The number of aromatic nitrogens is 2. The summed E-state index contributed by atoms with van der Waals surface area (Å²) in [6.45, 7) is 7.45. The zero-order valence-electron chi connectivity index (χ0n) is 12.1. The van der Waals surface area contributed by atoms with Gasteiger partial charge in [0.25, 0.3) is 0 Å². The van der Waals surface area contributed by atoms with E-state index < -0.39 is 0 Å². The fraction of sp³-hybridized carbons (Fsp3) is 0.111. The molecular formula is C18H16N2O. The van der Waals surface area contributed by atoms with Gasteiger partial charge in [-0.25, -0.2) is 4.98 Å². The first kappa shape index (κ1) is 13.3. The number of rotatable bonds is 3. The monoisotopic (exact) mass is 276 g/mol. The quantitative estimate of drug-likeness (QED) is 0.528. The molecular weight excluding hydrogens is 260 g/mol. The SMILES string of the molecule is C=C/C(=C\C)c1cn2ccnc2c2cc(C(C)=O)ccc12. The first-order valence-electron chi connectivity index (χ1n) is 6.85. The highest BCUT2D eigenvalue weighted by Gasteiger charge is 2.11. The second kappa shape index (κ2) is 5.02. The van der Waals surface area contributed by atoms with E-state index in [0.29, 0.717) is 5.56 Å². The van der Waals surface area contributed by atoms with Crippen molar-refractivity contribution in [3.63, 3.8) is 0 Å². The number of carbonyl (C=O) groups excluding carboxylic acids is 1. The minimum Gasteiger partial charge on any atom is -0.306 e. The summed E-state index contributed by atoms with van der Waals surface area (Å²) in [7, 11) is 0. The van der Waals surface area contributed by atoms with Crippen LogP contribution in [0.15, 0.2) is 55.5 Å². The van der Waals surface area contributed by atoms with E-state index in [1.165, 1.54) is 0 Å². The zero-order chi connectivity index (χ0) is 15.0. The topological polar surface area (TPSA) is 34.4 Å². The van der Waals surface area contributed by atoms with Gasteiger partial charge < -0.3 is 4.40 Å². The third-order valence-electron chi connectivity index (χ3n) is 3.74. The normalized spacial score (nSPS) is 12.0. The average molecular weight is 276 g/mol. The van der Waals surface area contributed by atoms with Gasteiger partial charge >= 0.3 is 0 Å². The van der Waals surface area contributed by atoms with E-state index in [1.54, 1.807) is 13.1 Å². The van der Waals surface area contributed by atoms with E-state index in [0.717, 1.165) is 27.6 Å². The molecule has 21 heavy (non-hydrogen) atoms. The van der Waals surface area contributed by atoms with Crippen LogP contribution in [-0.2, 0) is 0 Å². The Labute approximate surface area is 123 Å². The lowest BCUT2D eigenvalue weighted by Crippen LogP contribution is -1.96. The van der Waals surface area contributed by atoms with Crippen LogP contribution in [0.2, 0.25) is 0 Å². The minimum atomic E-state index is 0.0574. The molecule has 0 aliphatic rings. The van der Waals surface area contributed by atoms with Gasteiger partial charge in [-0.15, -0.1) is 0 Å². The van der Waals surface area contributed by atoms with Crippen LogP contribution in [0.25, 0.3) is 22.0 Å². The van der Waals surface area contributed by atoms with Crippen molar-refractivity contribution in [3.8, 4) is 0 Å². The average Bonchev–Trinajstić information content (AvgIpc) is 2.96. The van der Waals surface area contributed by atoms with E-state index in [9.17, 15) is 4.79 Å². The Morgan fingerprint density at radius 2 is 2.14 bits per heavy atom. The predicted octanol–water partition coefficient (Wildman–Crippen LogP) is 4.28. The molecule has 0 spiro atoms. The van der Waals surface area contributed by atoms with Crippen molar-refractivity contribution in [1.82, 2.24) is 9.38 Å². The Morgan fingerprint density at radius 3 is 2.81 bits per heavy atom. The summed E-state index contributed by atoms with van der Waals surface area (Å²) in [5.74, 6) is 0.0574. The molecule has 3 aromatic rings. The molecule has 0 bridgehead atoms. The lowest BCUT2D eigenvalue weighted by molar-refractivity contribution is 0.101. The van der Waals surface area contributed by atoms with Crippen LogP contribution in [0.1, 0.15) is 29.8 Å². The van der Waals surface area contributed by atoms with Gasteiger partial charge in [0, 0.05) is 35.1 Å². The van der Waals surface area contributed by atoms with Gasteiger partial charge in [0.15, 0.2) is 5.78 Å². The van der Waals surface area contributed by atoms with Crippen LogP contribution in [0, 0.1) is 0 Å². The number of benzene rings is 1. The van der Waals surface area contributed by atoms with Gasteiger partial charge in [-0.2, -0.15) is 0 Å². The molecule has 0 saturated heterocycles. The predicted molar refractivity (Wildman–Crippen MR) is 86.6 cm³/mol. The molecule has 0 saturated carbocycles. The highest BCUT2D eigenvalue weighted by molar-refractivity contribution is 6.06. The van der Waals surface area contributed by atoms with Crippen molar-refractivity contribution in [3.05, 3.63) is 66.6 Å². The minimum absolute atomic E-state index is 0.0574. The van der Waals surface area contributed by atoms with Crippen molar-refractivity contribution in [1.29, 1.82) is 0 Å². The molecule has 3 nitrogen and oxygen atoms in total. The van der Waals surface area contributed by atoms with E-state index in [-0.39, 0.29) is 5.78 Å². The number of imidazole rings is 1. The molecule has 104 valence electrons. The van der Waals surface area contributed by atoms with Crippen molar-refractivity contribution >= 4 is 27.8 Å². The number of Topliss-reactive ketones (excluding diaryl/α,β-unsaturated/α-hetero) is 1. The third-order valence-corrected chi connectivity index (χ3v) is 3.74. The van der Waals surface area contributed by atoms with Gasteiger partial charge in [0.05, 0.1) is 0 Å². The molecule has 3 rings (SSSR count). The van der Waals surface area contributed by atoms with Gasteiger partial charge in [0.1, 0.15) is 5.65 Å². The highest BCUT2D eigenvalue weighted by Crippen LogP contribution is 2.29. The second-order valence-corrected chi connectivity index (χ2v) is 4.97. The van der Waals surface area contributed by atoms with Crippen LogP contribution < -0.4 is 0 Å². The lowest BCUT2D eigenvalue weighted by atomic mass is 9.98. The summed E-state index contributed by atoms with van der Waals surface area (Å²) >= 11 is 0. The van der Waals surface area contributed by atoms with Crippen LogP contribution in [0.5, 0.6) is 0 Å². The Morgan fingerprint density at radius 1 is 1.33 bits per heavy atom. The Kier molecular flexibility index (Phi) is 3.18. The highest BCUT2D eigenvalue weighted by atomic mass is 16.1. The smallest absolute Gasteiger partial charge is 0.159 e. The maximum atomic E-state index is 11.6.